The zero-order valence-corrected chi connectivity index (χ0v) is 22.8. The molecule has 2 N–H and O–H groups in total. The normalized spacial score (nSPS) is 8.78. The second kappa shape index (κ2) is 22.7. The molecular weight excluding hydrogens is 468 g/mol. The van der Waals surface area contributed by atoms with E-state index in [1.54, 1.807) is 6.92 Å². The number of carboxylic acids is 1. The molecule has 0 aliphatic carbocycles. The van der Waals surface area contributed by atoms with Crippen LogP contribution in [0.4, 0.5) is 0 Å². The summed E-state index contributed by atoms with van der Waals surface area (Å²) in [5, 5.41) is 16.0. The molecule has 200 valence electrons. The molecule has 0 unspecified atom stereocenters. The summed E-state index contributed by atoms with van der Waals surface area (Å²) in [5.74, 6) is -0.944. The number of aliphatic hydroxyl groups excluding tert-OH is 1. The van der Waals surface area contributed by atoms with Gasteiger partial charge in [-0.1, -0.05) is 95.1 Å². The second-order valence-corrected chi connectivity index (χ2v) is 7.99. The molecular formula is C31H40O6. The van der Waals surface area contributed by atoms with Crippen LogP contribution in [0.15, 0.2) is 72.8 Å². The Bertz CT molecular complexity index is 983. The monoisotopic (exact) mass is 508 g/mol. The maximum absolute atomic E-state index is 11.1. The van der Waals surface area contributed by atoms with Crippen molar-refractivity contribution in [2.45, 2.75) is 54.4 Å². The van der Waals surface area contributed by atoms with Crippen LogP contribution in [0.2, 0.25) is 0 Å². The fraction of sp³-hybridized carbons (Fsp3) is 0.323. The number of hydrogen-bond acceptors (Lipinski definition) is 4. The third kappa shape index (κ3) is 21.3. The van der Waals surface area contributed by atoms with Gasteiger partial charge in [0.25, 0.3) is 0 Å². The molecule has 0 bridgehead atoms. The summed E-state index contributed by atoms with van der Waals surface area (Å²) in [6.45, 7) is 16.9. The fourth-order valence-electron chi connectivity index (χ4n) is 2.60. The Morgan fingerprint density at radius 2 is 0.946 bits per heavy atom. The van der Waals surface area contributed by atoms with E-state index in [0.29, 0.717) is 13.0 Å². The van der Waals surface area contributed by atoms with Gasteiger partial charge in [-0.15, -0.1) is 0 Å². The number of hydrogen-bond donors (Lipinski definition) is 2. The molecule has 0 atom stereocenters. The molecule has 0 aliphatic heterocycles. The van der Waals surface area contributed by atoms with Crippen molar-refractivity contribution in [3.63, 3.8) is 0 Å². The van der Waals surface area contributed by atoms with E-state index in [4.69, 9.17) is 19.6 Å². The molecule has 0 saturated heterocycles. The Morgan fingerprint density at radius 1 is 0.676 bits per heavy atom. The predicted molar refractivity (Wildman–Crippen MR) is 147 cm³/mol. The van der Waals surface area contributed by atoms with Crippen molar-refractivity contribution in [3.8, 4) is 0 Å². The number of aryl methyl sites for hydroxylation is 4. The van der Waals surface area contributed by atoms with E-state index in [0.717, 1.165) is 16.7 Å². The Kier molecular flexibility index (Phi) is 21.8. The molecule has 0 aliphatic rings. The zero-order chi connectivity index (χ0) is 28.6. The molecule has 0 spiro atoms. The molecule has 6 heteroatoms. The maximum atomic E-state index is 11.1. The van der Waals surface area contributed by atoms with Gasteiger partial charge in [-0.25, -0.2) is 0 Å². The van der Waals surface area contributed by atoms with Crippen molar-refractivity contribution in [2.75, 3.05) is 13.2 Å². The van der Waals surface area contributed by atoms with Crippen molar-refractivity contribution in [3.05, 3.63) is 113 Å². The van der Waals surface area contributed by atoms with Crippen molar-refractivity contribution in [2.24, 2.45) is 0 Å². The van der Waals surface area contributed by atoms with Crippen molar-refractivity contribution >= 4 is 11.9 Å². The number of benzene rings is 3. The molecule has 0 heterocycles. The SMILES string of the molecule is CCO.CCOC(=O)Cc1ccc(C)cc1.Cc1ccc(C)cc1.Cc1ccc(CC(=O)O)cc1.[C-]#[O+]. The number of aliphatic hydroxyl groups is 1. The van der Waals surface area contributed by atoms with Crippen LogP contribution in [-0.2, 0) is 31.8 Å². The van der Waals surface area contributed by atoms with Gasteiger partial charge >= 0.3 is 23.2 Å². The minimum atomic E-state index is -0.783. The minimum absolute atomic E-state index is 0.111. The number of rotatable bonds is 5. The van der Waals surface area contributed by atoms with E-state index in [2.05, 4.69) is 44.8 Å². The summed E-state index contributed by atoms with van der Waals surface area (Å²) in [6, 6.07) is 23.9. The first-order valence-electron chi connectivity index (χ1n) is 11.9. The van der Waals surface area contributed by atoms with Crippen LogP contribution in [0.25, 0.3) is 0 Å². The fourth-order valence-corrected chi connectivity index (χ4v) is 2.60. The van der Waals surface area contributed by atoms with E-state index in [1.807, 2.05) is 69.3 Å². The predicted octanol–water partition coefficient (Wildman–Crippen LogP) is 5.99. The summed E-state index contributed by atoms with van der Waals surface area (Å²) < 4.78 is 12.3. The second-order valence-electron chi connectivity index (χ2n) is 7.99. The van der Waals surface area contributed by atoms with Gasteiger partial charge in [0.05, 0.1) is 19.4 Å². The van der Waals surface area contributed by atoms with Crippen LogP contribution in [0.1, 0.15) is 47.2 Å². The Morgan fingerprint density at radius 3 is 1.22 bits per heavy atom. The van der Waals surface area contributed by atoms with Crippen molar-refractivity contribution in [1.29, 1.82) is 0 Å². The van der Waals surface area contributed by atoms with E-state index in [9.17, 15) is 9.59 Å². The summed E-state index contributed by atoms with van der Waals surface area (Å²) >= 11 is 0. The Balaban J connectivity index is 0. The summed E-state index contributed by atoms with van der Waals surface area (Å²) in [6.07, 6.45) is 0.481. The number of carbonyl (C=O) groups is 2. The van der Waals surface area contributed by atoms with E-state index in [-0.39, 0.29) is 19.0 Å². The molecule has 3 rings (SSSR count). The molecule has 37 heavy (non-hydrogen) atoms. The summed E-state index contributed by atoms with van der Waals surface area (Å²) in [5.41, 5.74) is 6.87. The number of ether oxygens (including phenoxy) is 1. The van der Waals surface area contributed by atoms with E-state index < -0.39 is 5.97 Å². The molecule has 3 aromatic rings. The van der Waals surface area contributed by atoms with Gasteiger partial charge < -0.3 is 14.9 Å². The average Bonchev–Trinajstić information content (AvgIpc) is 2.86. The van der Waals surface area contributed by atoms with Gasteiger partial charge in [0.15, 0.2) is 0 Å². The van der Waals surface area contributed by atoms with Crippen molar-refractivity contribution < 1.29 is 29.2 Å². The first-order chi connectivity index (χ1) is 17.6. The van der Waals surface area contributed by atoms with Crippen molar-refractivity contribution in [1.82, 2.24) is 0 Å². The van der Waals surface area contributed by atoms with E-state index in [1.165, 1.54) is 16.7 Å². The van der Waals surface area contributed by atoms with Gasteiger partial charge in [0.1, 0.15) is 0 Å². The Labute approximate surface area is 221 Å². The number of esters is 1. The zero-order valence-electron chi connectivity index (χ0n) is 22.8. The number of carbonyl (C=O) groups excluding carboxylic acids is 1. The van der Waals surface area contributed by atoms with Crippen LogP contribution in [-0.4, -0.2) is 35.4 Å². The van der Waals surface area contributed by atoms with Crippen LogP contribution < -0.4 is 0 Å². The molecule has 0 aromatic heterocycles. The molecule has 0 saturated carbocycles. The average molecular weight is 509 g/mol. The number of aliphatic carboxylic acids is 1. The van der Waals surface area contributed by atoms with Crippen LogP contribution in [0.5, 0.6) is 0 Å². The molecule has 0 amide bonds. The quantitative estimate of drug-likeness (QED) is 0.250. The Hall–Kier alpha value is -3.70. The van der Waals surface area contributed by atoms with Gasteiger partial charge in [0.2, 0.25) is 0 Å². The van der Waals surface area contributed by atoms with E-state index >= 15 is 0 Å². The van der Waals surface area contributed by atoms with Crippen LogP contribution >= 0.6 is 0 Å². The standard InChI is InChI=1S/C11H14O2.C9H10O2.C8H10.C2H6O.CO/c1-3-13-11(12)8-10-6-4-9(2)5-7-10;1-7-2-4-8(5-3-7)6-9(10)11;1-7-3-5-8(2)6-4-7;1-2-3;1-2/h4-7H,3,8H2,1-2H3;2-5H,6H2,1H3,(H,10,11);3-6H,1-2H3;3H,2H2,1H3;. The molecule has 0 fully saturated rings. The molecule has 3 aromatic carbocycles. The summed E-state index contributed by atoms with van der Waals surface area (Å²) in [7, 11) is 0. The molecule has 0 radical (unpaired) electrons. The molecule has 6 nitrogen and oxygen atoms in total. The summed E-state index contributed by atoms with van der Waals surface area (Å²) in [4.78, 5) is 21.3. The van der Waals surface area contributed by atoms with Crippen LogP contribution in [0, 0.1) is 34.3 Å². The first-order valence-corrected chi connectivity index (χ1v) is 11.9. The van der Waals surface area contributed by atoms with Gasteiger partial charge in [0, 0.05) is 6.61 Å². The topological polar surface area (TPSA) is 104 Å². The first kappa shape index (κ1) is 35.5. The number of carboxylic acid groups (broad SMARTS) is 1. The van der Waals surface area contributed by atoms with Gasteiger partial charge in [-0.3, -0.25) is 9.59 Å². The van der Waals surface area contributed by atoms with Gasteiger partial charge in [-0.2, -0.15) is 0 Å². The van der Waals surface area contributed by atoms with Gasteiger partial charge in [-0.05, 0) is 52.7 Å². The third-order valence-electron chi connectivity index (χ3n) is 4.47. The van der Waals surface area contributed by atoms with Crippen LogP contribution in [0.3, 0.4) is 0 Å². The third-order valence-corrected chi connectivity index (χ3v) is 4.47.